The summed E-state index contributed by atoms with van der Waals surface area (Å²) in [5, 5.41) is 10.00. The average molecular weight is 292 g/mol. The first-order valence-electron chi connectivity index (χ1n) is 7.35. The Morgan fingerprint density at radius 2 is 2.05 bits per heavy atom. The first-order valence-corrected chi connectivity index (χ1v) is 8.23. The number of aromatic nitrogens is 2. The van der Waals surface area contributed by atoms with Crippen LogP contribution in [0.5, 0.6) is 0 Å². The quantitative estimate of drug-likeness (QED) is 0.796. The Bertz CT molecular complexity index is 550. The lowest BCUT2D eigenvalue weighted by molar-refractivity contribution is 0.539. The molecule has 110 valence electrons. The van der Waals surface area contributed by atoms with Crippen molar-refractivity contribution in [3.05, 3.63) is 11.4 Å². The van der Waals surface area contributed by atoms with Crippen molar-refractivity contribution >= 4 is 33.3 Å². The number of nitrogens with zero attached hydrogens (tertiary/aromatic N) is 2. The Labute approximate surface area is 125 Å². The van der Waals surface area contributed by atoms with Crippen LogP contribution < -0.4 is 10.6 Å². The van der Waals surface area contributed by atoms with E-state index >= 15 is 0 Å². The van der Waals surface area contributed by atoms with Crippen LogP contribution in [-0.4, -0.2) is 22.6 Å². The summed E-state index contributed by atoms with van der Waals surface area (Å²) in [4.78, 5) is 10.2. The Morgan fingerprint density at radius 3 is 2.75 bits per heavy atom. The Hall–Kier alpha value is -1.36. The molecule has 0 amide bonds. The van der Waals surface area contributed by atoms with Crippen LogP contribution in [0.1, 0.15) is 40.5 Å². The number of anilines is 2. The second-order valence-electron chi connectivity index (χ2n) is 5.64. The van der Waals surface area contributed by atoms with Gasteiger partial charge in [-0.15, -0.1) is 11.3 Å². The van der Waals surface area contributed by atoms with Crippen molar-refractivity contribution in [3.8, 4) is 0 Å². The molecule has 2 rings (SSSR count). The molecular weight excluding hydrogens is 268 g/mol. The Balaban J connectivity index is 2.22. The van der Waals surface area contributed by atoms with Gasteiger partial charge in [0.25, 0.3) is 0 Å². The third-order valence-corrected chi connectivity index (χ3v) is 3.87. The van der Waals surface area contributed by atoms with E-state index in [4.69, 9.17) is 0 Å². The minimum atomic E-state index is 0.409. The molecular formula is C15H24N4S. The molecule has 2 heterocycles. The van der Waals surface area contributed by atoms with E-state index in [-0.39, 0.29) is 0 Å². The molecule has 4 nitrogen and oxygen atoms in total. The van der Waals surface area contributed by atoms with Gasteiger partial charge < -0.3 is 10.6 Å². The van der Waals surface area contributed by atoms with Crippen molar-refractivity contribution in [2.24, 2.45) is 5.92 Å². The van der Waals surface area contributed by atoms with Crippen LogP contribution >= 0.6 is 11.3 Å². The molecule has 0 aliphatic carbocycles. The van der Waals surface area contributed by atoms with Crippen molar-refractivity contribution in [1.82, 2.24) is 9.97 Å². The van der Waals surface area contributed by atoms with Gasteiger partial charge in [0, 0.05) is 12.6 Å². The topological polar surface area (TPSA) is 49.8 Å². The zero-order chi connectivity index (χ0) is 14.5. The number of thiophene rings is 1. The van der Waals surface area contributed by atoms with Gasteiger partial charge in [-0.05, 0) is 37.1 Å². The first-order chi connectivity index (χ1) is 9.60. The summed E-state index contributed by atoms with van der Waals surface area (Å²) in [6.45, 7) is 9.73. The highest BCUT2D eigenvalue weighted by molar-refractivity contribution is 7.16. The summed E-state index contributed by atoms with van der Waals surface area (Å²) in [7, 11) is 0. The van der Waals surface area contributed by atoms with Gasteiger partial charge in [-0.1, -0.05) is 20.8 Å². The zero-order valence-corrected chi connectivity index (χ0v) is 13.5. The fourth-order valence-electron chi connectivity index (χ4n) is 2.28. The summed E-state index contributed by atoms with van der Waals surface area (Å²) in [5.74, 6) is 2.35. The van der Waals surface area contributed by atoms with E-state index < -0.39 is 0 Å². The van der Waals surface area contributed by atoms with Crippen molar-refractivity contribution in [2.75, 3.05) is 17.2 Å². The normalized spacial score (nSPS) is 12.8. The lowest BCUT2D eigenvalue weighted by Crippen LogP contribution is -2.19. The van der Waals surface area contributed by atoms with Gasteiger partial charge in [0.05, 0.1) is 5.39 Å². The lowest BCUT2D eigenvalue weighted by Gasteiger charge is -2.17. The lowest BCUT2D eigenvalue weighted by atomic mass is 10.1. The first kappa shape index (κ1) is 15.0. The van der Waals surface area contributed by atoms with Crippen molar-refractivity contribution in [1.29, 1.82) is 0 Å². The SMILES string of the molecule is CCCNc1nc(NC(C)CC(C)C)c2ccsc2n1. The highest BCUT2D eigenvalue weighted by Gasteiger charge is 2.12. The minimum absolute atomic E-state index is 0.409. The van der Waals surface area contributed by atoms with E-state index in [9.17, 15) is 0 Å². The van der Waals surface area contributed by atoms with E-state index in [2.05, 4.69) is 59.7 Å². The molecule has 2 aromatic rings. The molecule has 0 saturated carbocycles. The van der Waals surface area contributed by atoms with Gasteiger partial charge in [-0.3, -0.25) is 0 Å². The van der Waals surface area contributed by atoms with Crippen LogP contribution in [0.15, 0.2) is 11.4 Å². The molecule has 20 heavy (non-hydrogen) atoms. The number of nitrogens with one attached hydrogen (secondary N) is 2. The maximum atomic E-state index is 4.63. The summed E-state index contributed by atoms with van der Waals surface area (Å²) >= 11 is 1.66. The van der Waals surface area contributed by atoms with Crippen molar-refractivity contribution < 1.29 is 0 Å². The molecule has 2 N–H and O–H groups in total. The van der Waals surface area contributed by atoms with Gasteiger partial charge in [0.1, 0.15) is 10.6 Å². The molecule has 0 saturated heterocycles. The van der Waals surface area contributed by atoms with Crippen LogP contribution in [-0.2, 0) is 0 Å². The fraction of sp³-hybridized carbons (Fsp3) is 0.600. The van der Waals surface area contributed by atoms with Gasteiger partial charge >= 0.3 is 0 Å². The summed E-state index contributed by atoms with van der Waals surface area (Å²) in [6.07, 6.45) is 2.20. The number of hydrogen-bond donors (Lipinski definition) is 2. The third-order valence-electron chi connectivity index (χ3n) is 3.07. The molecule has 0 bridgehead atoms. The van der Waals surface area contributed by atoms with Crippen LogP contribution in [0, 0.1) is 5.92 Å². The van der Waals surface area contributed by atoms with Crippen molar-refractivity contribution in [3.63, 3.8) is 0 Å². The molecule has 2 aromatic heterocycles. The predicted molar refractivity (Wildman–Crippen MR) is 88.7 cm³/mol. The molecule has 0 aromatic carbocycles. The number of hydrogen-bond acceptors (Lipinski definition) is 5. The average Bonchev–Trinajstić information content (AvgIpc) is 2.83. The second kappa shape index (κ2) is 6.88. The molecule has 1 unspecified atom stereocenters. The molecule has 5 heteroatoms. The molecule has 1 atom stereocenters. The van der Waals surface area contributed by atoms with E-state index in [1.54, 1.807) is 11.3 Å². The maximum absolute atomic E-state index is 4.63. The van der Waals surface area contributed by atoms with Gasteiger partial charge in [-0.2, -0.15) is 4.98 Å². The standard InChI is InChI=1S/C15H24N4S/c1-5-7-16-15-18-13(17-11(4)9-10(2)3)12-6-8-20-14(12)19-15/h6,8,10-11H,5,7,9H2,1-4H3,(H2,16,17,18,19). The number of fused-ring (bicyclic) bond motifs is 1. The monoisotopic (exact) mass is 292 g/mol. The zero-order valence-electron chi connectivity index (χ0n) is 12.7. The largest absolute Gasteiger partial charge is 0.367 e. The molecule has 0 spiro atoms. The third kappa shape index (κ3) is 3.82. The van der Waals surface area contributed by atoms with E-state index in [1.807, 2.05) is 0 Å². The highest BCUT2D eigenvalue weighted by Crippen LogP contribution is 2.27. The highest BCUT2D eigenvalue weighted by atomic mass is 32.1. The van der Waals surface area contributed by atoms with Crippen molar-refractivity contribution in [2.45, 2.75) is 46.6 Å². The minimum Gasteiger partial charge on any atom is -0.367 e. The fourth-order valence-corrected chi connectivity index (χ4v) is 3.04. The van der Waals surface area contributed by atoms with E-state index in [1.165, 1.54) is 0 Å². The van der Waals surface area contributed by atoms with Crippen LogP contribution in [0.25, 0.3) is 10.2 Å². The van der Waals surface area contributed by atoms with E-state index in [0.717, 1.165) is 41.4 Å². The molecule has 0 aliphatic heterocycles. The summed E-state index contributed by atoms with van der Waals surface area (Å²) in [6, 6.07) is 2.50. The maximum Gasteiger partial charge on any atom is 0.226 e. The molecule has 0 fully saturated rings. The smallest absolute Gasteiger partial charge is 0.226 e. The predicted octanol–water partition coefficient (Wildman–Crippen LogP) is 4.36. The van der Waals surface area contributed by atoms with E-state index in [0.29, 0.717) is 12.0 Å². The summed E-state index contributed by atoms with van der Waals surface area (Å²) in [5.41, 5.74) is 0. The van der Waals surface area contributed by atoms with Crippen LogP contribution in [0.2, 0.25) is 0 Å². The number of rotatable bonds is 7. The Kier molecular flexibility index (Phi) is 5.17. The van der Waals surface area contributed by atoms with Crippen LogP contribution in [0.3, 0.4) is 0 Å². The molecule has 0 radical (unpaired) electrons. The van der Waals surface area contributed by atoms with Gasteiger partial charge in [-0.25, -0.2) is 4.98 Å². The van der Waals surface area contributed by atoms with Gasteiger partial charge in [0.15, 0.2) is 0 Å². The summed E-state index contributed by atoms with van der Waals surface area (Å²) < 4.78 is 0. The molecule has 0 aliphatic rings. The van der Waals surface area contributed by atoms with Crippen LogP contribution in [0.4, 0.5) is 11.8 Å². The Morgan fingerprint density at radius 1 is 1.25 bits per heavy atom. The second-order valence-corrected chi connectivity index (χ2v) is 6.53. The van der Waals surface area contributed by atoms with Gasteiger partial charge in [0.2, 0.25) is 5.95 Å².